The highest BCUT2D eigenvalue weighted by Crippen LogP contribution is 2.48. The van der Waals surface area contributed by atoms with Gasteiger partial charge in [-0.05, 0) is 46.2 Å². The van der Waals surface area contributed by atoms with E-state index in [-0.39, 0.29) is 17.3 Å². The normalized spacial score (nSPS) is 24.9. The van der Waals surface area contributed by atoms with E-state index in [1.807, 2.05) is 6.07 Å². The molecule has 1 aromatic carbocycles. The third kappa shape index (κ3) is 2.41. The Morgan fingerprint density at radius 2 is 2.18 bits per heavy atom. The molecule has 1 fully saturated rings. The fourth-order valence-electron chi connectivity index (χ4n) is 3.01. The molecule has 2 unspecified atom stereocenters. The first kappa shape index (κ1) is 13.0. The third-order valence-electron chi connectivity index (χ3n) is 4.11. The van der Waals surface area contributed by atoms with Gasteiger partial charge in [0.15, 0.2) is 0 Å². The molecule has 0 aromatic heterocycles. The van der Waals surface area contributed by atoms with Crippen LogP contribution in [-0.2, 0) is 0 Å². The smallest absolute Gasteiger partial charge is 0.142 e. The molecule has 2 N–H and O–H groups in total. The zero-order valence-electron chi connectivity index (χ0n) is 10.3. The van der Waals surface area contributed by atoms with Crippen molar-refractivity contribution in [3.05, 3.63) is 34.1 Å². The maximum atomic E-state index is 14.0. The predicted molar refractivity (Wildman–Crippen MR) is 72.2 cm³/mol. The molecule has 1 aliphatic rings. The zero-order chi connectivity index (χ0) is 12.6. The highest BCUT2D eigenvalue weighted by atomic mass is 79.9. The van der Waals surface area contributed by atoms with E-state index in [0.29, 0.717) is 16.0 Å². The molecule has 1 saturated carbocycles. The van der Waals surface area contributed by atoms with Gasteiger partial charge in [-0.3, -0.25) is 0 Å². The monoisotopic (exact) mass is 299 g/mol. The average Bonchev–Trinajstić information content (AvgIpc) is 2.61. The van der Waals surface area contributed by atoms with Crippen LogP contribution in [-0.4, -0.2) is 0 Å². The first-order valence-electron chi connectivity index (χ1n) is 6.13. The summed E-state index contributed by atoms with van der Waals surface area (Å²) >= 11 is 3.22. The standard InChI is InChI=1S/C14H19BrFN/c1-14(2)8-4-6-10(14)13(17)9-5-3-7-11(15)12(9)16/h3,5,7,10,13H,4,6,8,17H2,1-2H3. The average molecular weight is 300 g/mol. The van der Waals surface area contributed by atoms with E-state index in [0.717, 1.165) is 6.42 Å². The van der Waals surface area contributed by atoms with E-state index >= 15 is 0 Å². The van der Waals surface area contributed by atoms with Gasteiger partial charge in [-0.15, -0.1) is 0 Å². The summed E-state index contributed by atoms with van der Waals surface area (Å²) in [7, 11) is 0. The van der Waals surface area contributed by atoms with Crippen molar-refractivity contribution in [1.82, 2.24) is 0 Å². The quantitative estimate of drug-likeness (QED) is 0.860. The highest BCUT2D eigenvalue weighted by molar-refractivity contribution is 9.10. The summed E-state index contributed by atoms with van der Waals surface area (Å²) < 4.78 is 14.5. The van der Waals surface area contributed by atoms with Gasteiger partial charge >= 0.3 is 0 Å². The Hall–Kier alpha value is -0.410. The lowest BCUT2D eigenvalue weighted by atomic mass is 9.76. The van der Waals surface area contributed by atoms with Gasteiger partial charge in [0.25, 0.3) is 0 Å². The van der Waals surface area contributed by atoms with E-state index in [9.17, 15) is 4.39 Å². The number of benzene rings is 1. The maximum absolute atomic E-state index is 14.0. The Morgan fingerprint density at radius 1 is 1.47 bits per heavy atom. The van der Waals surface area contributed by atoms with Gasteiger partial charge in [0.05, 0.1) is 4.47 Å². The molecule has 94 valence electrons. The lowest BCUT2D eigenvalue weighted by molar-refractivity contribution is 0.219. The maximum Gasteiger partial charge on any atom is 0.142 e. The lowest BCUT2D eigenvalue weighted by Crippen LogP contribution is -2.30. The second-order valence-electron chi connectivity index (χ2n) is 5.66. The molecule has 17 heavy (non-hydrogen) atoms. The van der Waals surface area contributed by atoms with E-state index in [1.165, 1.54) is 12.8 Å². The Morgan fingerprint density at radius 3 is 2.76 bits per heavy atom. The van der Waals surface area contributed by atoms with E-state index in [4.69, 9.17) is 5.73 Å². The topological polar surface area (TPSA) is 26.0 Å². The second kappa shape index (κ2) is 4.69. The van der Waals surface area contributed by atoms with Gasteiger partial charge in [-0.2, -0.15) is 0 Å². The number of rotatable bonds is 2. The van der Waals surface area contributed by atoms with E-state index in [2.05, 4.69) is 29.8 Å². The second-order valence-corrected chi connectivity index (χ2v) is 6.51. The SMILES string of the molecule is CC1(C)CCCC1C(N)c1cccc(Br)c1F. The van der Waals surface area contributed by atoms with Gasteiger partial charge in [-0.1, -0.05) is 32.4 Å². The predicted octanol–water partition coefficient (Wildman–Crippen LogP) is 4.41. The van der Waals surface area contributed by atoms with Crippen LogP contribution in [0, 0.1) is 17.2 Å². The molecule has 0 bridgehead atoms. The van der Waals surface area contributed by atoms with Crippen LogP contribution in [0.15, 0.2) is 22.7 Å². The Kier molecular flexibility index (Phi) is 3.60. The number of hydrogen-bond acceptors (Lipinski definition) is 1. The molecule has 3 heteroatoms. The third-order valence-corrected chi connectivity index (χ3v) is 4.73. The highest BCUT2D eigenvalue weighted by Gasteiger charge is 2.39. The fourth-order valence-corrected chi connectivity index (χ4v) is 3.40. The minimum absolute atomic E-state index is 0.204. The summed E-state index contributed by atoms with van der Waals surface area (Å²) in [5.74, 6) is 0.161. The molecule has 2 rings (SSSR count). The van der Waals surface area contributed by atoms with Gasteiger partial charge in [0, 0.05) is 11.6 Å². The summed E-state index contributed by atoms with van der Waals surface area (Å²) in [6.07, 6.45) is 3.47. The summed E-state index contributed by atoms with van der Waals surface area (Å²) in [5, 5.41) is 0. The Bertz CT molecular complexity index is 417. The van der Waals surface area contributed by atoms with Crippen LogP contribution in [0.5, 0.6) is 0 Å². The molecule has 0 aliphatic heterocycles. The van der Waals surface area contributed by atoms with E-state index in [1.54, 1.807) is 12.1 Å². The van der Waals surface area contributed by atoms with E-state index < -0.39 is 0 Å². The van der Waals surface area contributed by atoms with Crippen molar-refractivity contribution in [3.8, 4) is 0 Å². The molecular formula is C14H19BrFN. The molecule has 2 atom stereocenters. The van der Waals surface area contributed by atoms with Crippen molar-refractivity contribution in [3.63, 3.8) is 0 Å². The first-order chi connectivity index (χ1) is 7.93. The Balaban J connectivity index is 2.31. The molecule has 0 saturated heterocycles. The van der Waals surface area contributed by atoms with Crippen LogP contribution in [0.3, 0.4) is 0 Å². The van der Waals surface area contributed by atoms with Gasteiger partial charge in [-0.25, -0.2) is 4.39 Å². The minimum atomic E-state index is -0.206. The van der Waals surface area contributed by atoms with Crippen molar-refractivity contribution >= 4 is 15.9 Å². The van der Waals surface area contributed by atoms with Crippen LogP contribution < -0.4 is 5.73 Å². The molecule has 0 radical (unpaired) electrons. The number of hydrogen-bond donors (Lipinski definition) is 1. The van der Waals surface area contributed by atoms with Crippen LogP contribution in [0.2, 0.25) is 0 Å². The molecule has 1 aromatic rings. The number of halogens is 2. The Labute approximate surface area is 111 Å². The van der Waals surface area contributed by atoms with Gasteiger partial charge in [0.1, 0.15) is 5.82 Å². The molecule has 0 amide bonds. The number of nitrogens with two attached hydrogens (primary N) is 1. The van der Waals surface area contributed by atoms with Crippen LogP contribution in [0.1, 0.15) is 44.7 Å². The summed E-state index contributed by atoms with van der Waals surface area (Å²) in [6.45, 7) is 4.47. The van der Waals surface area contributed by atoms with Gasteiger partial charge in [0.2, 0.25) is 0 Å². The van der Waals surface area contributed by atoms with Crippen LogP contribution >= 0.6 is 15.9 Å². The van der Waals surface area contributed by atoms with Crippen molar-refractivity contribution in [1.29, 1.82) is 0 Å². The van der Waals surface area contributed by atoms with Gasteiger partial charge < -0.3 is 5.73 Å². The van der Waals surface area contributed by atoms with Crippen molar-refractivity contribution in [2.24, 2.45) is 17.1 Å². The minimum Gasteiger partial charge on any atom is -0.324 e. The largest absolute Gasteiger partial charge is 0.324 e. The fraction of sp³-hybridized carbons (Fsp3) is 0.571. The first-order valence-corrected chi connectivity index (χ1v) is 6.92. The molecule has 0 spiro atoms. The van der Waals surface area contributed by atoms with Crippen molar-refractivity contribution < 1.29 is 4.39 Å². The van der Waals surface area contributed by atoms with Crippen LogP contribution in [0.4, 0.5) is 4.39 Å². The molecule has 1 aliphatic carbocycles. The summed E-state index contributed by atoms with van der Waals surface area (Å²) in [5.41, 5.74) is 7.14. The molecule has 1 nitrogen and oxygen atoms in total. The molecular weight excluding hydrogens is 281 g/mol. The molecule has 0 heterocycles. The van der Waals surface area contributed by atoms with Crippen molar-refractivity contribution in [2.45, 2.75) is 39.2 Å². The van der Waals surface area contributed by atoms with Crippen LogP contribution in [0.25, 0.3) is 0 Å². The summed E-state index contributed by atoms with van der Waals surface area (Å²) in [6, 6.07) is 5.17. The summed E-state index contributed by atoms with van der Waals surface area (Å²) in [4.78, 5) is 0. The lowest BCUT2D eigenvalue weighted by Gasteiger charge is -2.32. The zero-order valence-corrected chi connectivity index (χ0v) is 11.9. The van der Waals surface area contributed by atoms with Crippen molar-refractivity contribution in [2.75, 3.05) is 0 Å².